The Balaban J connectivity index is 2.04. The molecule has 4 heteroatoms. The summed E-state index contributed by atoms with van der Waals surface area (Å²) in [6.07, 6.45) is 0.132. The number of carbonyl (C=O) groups is 1. The molecule has 0 aliphatic heterocycles. The Morgan fingerprint density at radius 3 is 2.33 bits per heavy atom. The van der Waals surface area contributed by atoms with Gasteiger partial charge < -0.3 is 14.8 Å². The van der Waals surface area contributed by atoms with Gasteiger partial charge >= 0.3 is 0 Å². The van der Waals surface area contributed by atoms with Crippen molar-refractivity contribution in [3.05, 3.63) is 54.1 Å². The lowest BCUT2D eigenvalue weighted by Gasteiger charge is -2.18. The monoisotopic (exact) mass is 327 g/mol. The van der Waals surface area contributed by atoms with Gasteiger partial charge in [-0.2, -0.15) is 0 Å². The third kappa shape index (κ3) is 5.30. The molecule has 0 aliphatic rings. The summed E-state index contributed by atoms with van der Waals surface area (Å²) in [6.45, 7) is 7.86. The highest BCUT2D eigenvalue weighted by Gasteiger charge is 2.18. The Bertz CT molecular complexity index is 682. The summed E-state index contributed by atoms with van der Waals surface area (Å²) in [5.74, 6) is 1.27. The Labute approximate surface area is 143 Å². The van der Waals surface area contributed by atoms with E-state index < -0.39 is 6.10 Å². The van der Waals surface area contributed by atoms with Gasteiger partial charge in [0.1, 0.15) is 11.5 Å². The number of benzene rings is 2. The van der Waals surface area contributed by atoms with E-state index in [1.807, 2.05) is 76.2 Å². The molecule has 1 amide bonds. The topological polar surface area (TPSA) is 47.6 Å². The fourth-order valence-electron chi connectivity index (χ4n) is 2.32. The van der Waals surface area contributed by atoms with Crippen molar-refractivity contribution in [1.82, 2.24) is 0 Å². The lowest BCUT2D eigenvalue weighted by atomic mass is 10.2. The number of anilines is 1. The number of aryl methyl sites for hydroxylation is 1. The van der Waals surface area contributed by atoms with Crippen LogP contribution in [0.2, 0.25) is 0 Å². The Morgan fingerprint density at radius 2 is 1.71 bits per heavy atom. The predicted molar refractivity (Wildman–Crippen MR) is 96.7 cm³/mol. The number of carbonyl (C=O) groups excluding carboxylic acids is 1. The molecule has 0 heterocycles. The van der Waals surface area contributed by atoms with Crippen molar-refractivity contribution in [3.8, 4) is 11.5 Å². The van der Waals surface area contributed by atoms with Gasteiger partial charge in [0.05, 0.1) is 6.10 Å². The summed E-state index contributed by atoms with van der Waals surface area (Å²) in [5.41, 5.74) is 1.80. The van der Waals surface area contributed by atoms with Crippen molar-refractivity contribution < 1.29 is 14.3 Å². The van der Waals surface area contributed by atoms with Gasteiger partial charge in [0, 0.05) is 11.8 Å². The van der Waals surface area contributed by atoms with Crippen LogP contribution < -0.4 is 14.8 Å². The molecule has 128 valence electrons. The van der Waals surface area contributed by atoms with Crippen LogP contribution in [-0.2, 0) is 4.79 Å². The largest absolute Gasteiger partial charge is 0.491 e. The molecule has 0 saturated heterocycles. The molecular formula is C20H25NO3. The van der Waals surface area contributed by atoms with Crippen molar-refractivity contribution in [2.75, 3.05) is 5.32 Å². The van der Waals surface area contributed by atoms with E-state index in [9.17, 15) is 4.79 Å². The molecule has 0 spiro atoms. The summed E-state index contributed by atoms with van der Waals surface area (Å²) in [5, 5.41) is 2.90. The van der Waals surface area contributed by atoms with Crippen molar-refractivity contribution in [3.63, 3.8) is 0 Å². The highest BCUT2D eigenvalue weighted by atomic mass is 16.5. The molecule has 1 N–H and O–H groups in total. The summed E-state index contributed by atoms with van der Waals surface area (Å²) in [4.78, 5) is 12.5. The molecule has 0 unspecified atom stereocenters. The third-order valence-electron chi connectivity index (χ3n) is 3.40. The molecule has 24 heavy (non-hydrogen) atoms. The lowest BCUT2D eigenvalue weighted by Crippen LogP contribution is -2.32. The SMILES string of the molecule is CC[C@@H](Oc1cccc(C)c1)C(=O)Nc1cccc(OC(C)C)c1. The summed E-state index contributed by atoms with van der Waals surface area (Å²) < 4.78 is 11.5. The lowest BCUT2D eigenvalue weighted by molar-refractivity contribution is -0.122. The highest BCUT2D eigenvalue weighted by molar-refractivity contribution is 5.94. The molecule has 0 radical (unpaired) electrons. The van der Waals surface area contributed by atoms with Crippen LogP contribution >= 0.6 is 0 Å². The van der Waals surface area contributed by atoms with Gasteiger partial charge in [0.2, 0.25) is 0 Å². The normalized spacial score (nSPS) is 11.9. The van der Waals surface area contributed by atoms with Crippen LogP contribution in [0.15, 0.2) is 48.5 Å². The van der Waals surface area contributed by atoms with E-state index in [1.165, 1.54) is 0 Å². The summed E-state index contributed by atoms with van der Waals surface area (Å²) in [7, 11) is 0. The number of ether oxygens (including phenoxy) is 2. The van der Waals surface area contributed by atoms with E-state index in [0.29, 0.717) is 17.9 Å². The number of nitrogens with one attached hydrogen (secondary N) is 1. The highest BCUT2D eigenvalue weighted by Crippen LogP contribution is 2.20. The first-order valence-corrected chi connectivity index (χ1v) is 8.29. The van der Waals surface area contributed by atoms with Crippen molar-refractivity contribution in [2.24, 2.45) is 0 Å². The van der Waals surface area contributed by atoms with Gasteiger partial charge in [-0.15, -0.1) is 0 Å². The first-order chi connectivity index (χ1) is 11.5. The summed E-state index contributed by atoms with van der Waals surface area (Å²) in [6, 6.07) is 15.1. The predicted octanol–water partition coefficient (Wildman–Crippen LogP) is 4.58. The van der Waals surface area contributed by atoms with Crippen LogP contribution in [0.3, 0.4) is 0 Å². The molecule has 2 aromatic rings. The number of hydrogen-bond acceptors (Lipinski definition) is 3. The number of amides is 1. The second-order valence-electron chi connectivity index (χ2n) is 6.01. The van der Waals surface area contributed by atoms with E-state index in [4.69, 9.17) is 9.47 Å². The van der Waals surface area contributed by atoms with E-state index in [0.717, 1.165) is 11.3 Å². The fourth-order valence-corrected chi connectivity index (χ4v) is 2.32. The molecule has 0 aliphatic carbocycles. The van der Waals surface area contributed by atoms with E-state index in [2.05, 4.69) is 5.32 Å². The van der Waals surface area contributed by atoms with Crippen LogP contribution in [0, 0.1) is 6.92 Å². The fraction of sp³-hybridized carbons (Fsp3) is 0.350. The second-order valence-corrected chi connectivity index (χ2v) is 6.01. The average molecular weight is 327 g/mol. The van der Waals surface area contributed by atoms with Crippen molar-refractivity contribution in [1.29, 1.82) is 0 Å². The molecule has 0 bridgehead atoms. The van der Waals surface area contributed by atoms with Crippen LogP contribution in [0.4, 0.5) is 5.69 Å². The van der Waals surface area contributed by atoms with Gasteiger partial charge in [-0.25, -0.2) is 0 Å². The van der Waals surface area contributed by atoms with Gasteiger partial charge in [-0.1, -0.05) is 25.1 Å². The molecule has 0 aromatic heterocycles. The van der Waals surface area contributed by atoms with Crippen LogP contribution in [0.25, 0.3) is 0 Å². The average Bonchev–Trinajstić information content (AvgIpc) is 2.52. The van der Waals surface area contributed by atoms with Crippen LogP contribution in [-0.4, -0.2) is 18.1 Å². The Morgan fingerprint density at radius 1 is 1.04 bits per heavy atom. The van der Waals surface area contributed by atoms with E-state index in [1.54, 1.807) is 0 Å². The molecule has 2 rings (SSSR count). The molecule has 1 atom stereocenters. The second kappa shape index (κ2) is 8.39. The minimum absolute atomic E-state index is 0.0870. The quantitative estimate of drug-likeness (QED) is 0.810. The van der Waals surface area contributed by atoms with Gasteiger partial charge in [-0.3, -0.25) is 4.79 Å². The summed E-state index contributed by atoms with van der Waals surface area (Å²) >= 11 is 0. The van der Waals surface area contributed by atoms with Crippen LogP contribution in [0.5, 0.6) is 11.5 Å². The standard InChI is InChI=1S/C20H25NO3/c1-5-19(24-17-10-6-8-15(4)12-17)20(22)21-16-9-7-11-18(13-16)23-14(2)3/h6-14,19H,5H2,1-4H3,(H,21,22)/t19-/m1/s1. The Kier molecular flexibility index (Phi) is 6.24. The molecule has 0 fully saturated rings. The smallest absolute Gasteiger partial charge is 0.265 e. The van der Waals surface area contributed by atoms with Crippen molar-refractivity contribution in [2.45, 2.75) is 46.3 Å². The number of hydrogen-bond donors (Lipinski definition) is 1. The molecular weight excluding hydrogens is 302 g/mol. The minimum atomic E-state index is -0.540. The van der Waals surface area contributed by atoms with Gasteiger partial charge in [0.25, 0.3) is 5.91 Å². The minimum Gasteiger partial charge on any atom is -0.491 e. The third-order valence-corrected chi connectivity index (χ3v) is 3.40. The maximum absolute atomic E-state index is 12.5. The van der Waals surface area contributed by atoms with Gasteiger partial charge in [-0.05, 0) is 57.0 Å². The zero-order valence-corrected chi connectivity index (χ0v) is 14.7. The van der Waals surface area contributed by atoms with E-state index in [-0.39, 0.29) is 12.0 Å². The van der Waals surface area contributed by atoms with Crippen molar-refractivity contribution >= 4 is 11.6 Å². The maximum atomic E-state index is 12.5. The molecule has 2 aromatic carbocycles. The van der Waals surface area contributed by atoms with E-state index >= 15 is 0 Å². The first kappa shape index (κ1) is 17.9. The number of rotatable bonds is 7. The Hall–Kier alpha value is -2.49. The molecule has 0 saturated carbocycles. The first-order valence-electron chi connectivity index (χ1n) is 8.29. The zero-order valence-electron chi connectivity index (χ0n) is 14.7. The zero-order chi connectivity index (χ0) is 17.5. The molecule has 4 nitrogen and oxygen atoms in total. The maximum Gasteiger partial charge on any atom is 0.265 e. The van der Waals surface area contributed by atoms with Crippen LogP contribution in [0.1, 0.15) is 32.8 Å². The van der Waals surface area contributed by atoms with Gasteiger partial charge in [0.15, 0.2) is 6.10 Å².